The molecule has 0 saturated heterocycles. The fraction of sp³-hybridized carbons (Fsp3) is 0.0667. The number of rotatable bonds is 3. The molecule has 0 unspecified atom stereocenters. The SMILES string of the molecule is Cc1ccc(NC(=O)c2ccccc2C(=O)O)c(Cl)c1. The van der Waals surface area contributed by atoms with Gasteiger partial charge in [0.2, 0.25) is 0 Å². The maximum atomic E-state index is 12.1. The van der Waals surface area contributed by atoms with Crippen molar-refractivity contribution in [3.05, 3.63) is 64.2 Å². The maximum Gasteiger partial charge on any atom is 0.336 e. The summed E-state index contributed by atoms with van der Waals surface area (Å²) in [7, 11) is 0. The van der Waals surface area contributed by atoms with Crippen LogP contribution < -0.4 is 5.32 Å². The van der Waals surface area contributed by atoms with Crippen LogP contribution in [0.5, 0.6) is 0 Å². The monoisotopic (exact) mass is 289 g/mol. The molecule has 0 radical (unpaired) electrons. The van der Waals surface area contributed by atoms with Crippen LogP contribution in [0.2, 0.25) is 5.02 Å². The number of amides is 1. The molecule has 0 fully saturated rings. The Morgan fingerprint density at radius 1 is 1.10 bits per heavy atom. The minimum Gasteiger partial charge on any atom is -0.478 e. The van der Waals surface area contributed by atoms with Crippen molar-refractivity contribution in [3.8, 4) is 0 Å². The van der Waals surface area contributed by atoms with Crippen molar-refractivity contribution < 1.29 is 14.7 Å². The van der Waals surface area contributed by atoms with Gasteiger partial charge in [0.25, 0.3) is 5.91 Å². The van der Waals surface area contributed by atoms with E-state index in [0.29, 0.717) is 10.7 Å². The molecule has 2 rings (SSSR count). The first-order valence-corrected chi connectivity index (χ1v) is 6.26. The first-order chi connectivity index (χ1) is 9.49. The van der Waals surface area contributed by atoms with Gasteiger partial charge in [-0.1, -0.05) is 29.8 Å². The molecular formula is C15H12ClNO3. The first kappa shape index (κ1) is 14.1. The van der Waals surface area contributed by atoms with Crippen LogP contribution in [0.15, 0.2) is 42.5 Å². The van der Waals surface area contributed by atoms with Gasteiger partial charge < -0.3 is 10.4 Å². The first-order valence-electron chi connectivity index (χ1n) is 5.89. The summed E-state index contributed by atoms with van der Waals surface area (Å²) < 4.78 is 0. The number of carboxylic acids is 1. The van der Waals surface area contributed by atoms with E-state index in [0.717, 1.165) is 5.56 Å². The Morgan fingerprint density at radius 3 is 2.35 bits per heavy atom. The van der Waals surface area contributed by atoms with E-state index in [1.54, 1.807) is 24.3 Å². The number of nitrogens with one attached hydrogen (secondary N) is 1. The number of halogens is 1. The fourth-order valence-electron chi connectivity index (χ4n) is 1.78. The van der Waals surface area contributed by atoms with Crippen LogP contribution in [-0.4, -0.2) is 17.0 Å². The molecule has 20 heavy (non-hydrogen) atoms. The Hall–Kier alpha value is -2.33. The lowest BCUT2D eigenvalue weighted by molar-refractivity contribution is 0.0692. The molecule has 1 amide bonds. The topological polar surface area (TPSA) is 66.4 Å². The molecule has 2 N–H and O–H groups in total. The van der Waals surface area contributed by atoms with E-state index in [4.69, 9.17) is 16.7 Å². The molecule has 0 bridgehead atoms. The van der Waals surface area contributed by atoms with Crippen molar-refractivity contribution in [1.29, 1.82) is 0 Å². The summed E-state index contributed by atoms with van der Waals surface area (Å²) in [6.07, 6.45) is 0. The van der Waals surface area contributed by atoms with Gasteiger partial charge in [-0.15, -0.1) is 0 Å². The van der Waals surface area contributed by atoms with Crippen LogP contribution in [0.25, 0.3) is 0 Å². The summed E-state index contributed by atoms with van der Waals surface area (Å²) in [6.45, 7) is 1.89. The summed E-state index contributed by atoms with van der Waals surface area (Å²) in [5.74, 6) is -1.65. The molecule has 5 heteroatoms. The molecule has 0 aromatic heterocycles. The van der Waals surface area contributed by atoms with E-state index in [1.165, 1.54) is 12.1 Å². The minimum absolute atomic E-state index is 0.0479. The molecule has 102 valence electrons. The lowest BCUT2D eigenvalue weighted by Gasteiger charge is -2.09. The Kier molecular flexibility index (Phi) is 4.05. The highest BCUT2D eigenvalue weighted by atomic mass is 35.5. The van der Waals surface area contributed by atoms with Crippen LogP contribution in [0.4, 0.5) is 5.69 Å². The van der Waals surface area contributed by atoms with Crippen LogP contribution in [0, 0.1) is 6.92 Å². The van der Waals surface area contributed by atoms with E-state index >= 15 is 0 Å². The molecule has 0 aliphatic carbocycles. The number of benzene rings is 2. The molecule has 4 nitrogen and oxygen atoms in total. The highest BCUT2D eigenvalue weighted by molar-refractivity contribution is 6.34. The van der Waals surface area contributed by atoms with Gasteiger partial charge in [0.1, 0.15) is 0 Å². The number of anilines is 1. The second kappa shape index (κ2) is 5.75. The van der Waals surface area contributed by atoms with Crippen molar-refractivity contribution in [2.24, 2.45) is 0 Å². The summed E-state index contributed by atoms with van der Waals surface area (Å²) in [6, 6.07) is 11.2. The third-order valence-electron chi connectivity index (χ3n) is 2.77. The molecule has 0 aliphatic rings. The highest BCUT2D eigenvalue weighted by Gasteiger charge is 2.16. The number of aryl methyl sites for hydroxylation is 1. The van der Waals surface area contributed by atoms with Gasteiger partial charge in [-0.3, -0.25) is 4.79 Å². The molecule has 2 aromatic rings. The van der Waals surface area contributed by atoms with Crippen molar-refractivity contribution >= 4 is 29.2 Å². The van der Waals surface area contributed by atoms with Gasteiger partial charge in [-0.2, -0.15) is 0 Å². The van der Waals surface area contributed by atoms with Crippen molar-refractivity contribution in [2.45, 2.75) is 6.92 Å². The smallest absolute Gasteiger partial charge is 0.336 e. The molecule has 2 aromatic carbocycles. The zero-order chi connectivity index (χ0) is 14.7. The average Bonchev–Trinajstić information content (AvgIpc) is 2.41. The van der Waals surface area contributed by atoms with Gasteiger partial charge in [0.15, 0.2) is 0 Å². The third-order valence-corrected chi connectivity index (χ3v) is 3.09. The normalized spacial score (nSPS) is 10.1. The van der Waals surface area contributed by atoms with Crippen LogP contribution in [-0.2, 0) is 0 Å². The Labute approximate surface area is 121 Å². The largest absolute Gasteiger partial charge is 0.478 e. The summed E-state index contributed by atoms with van der Waals surface area (Å²) >= 11 is 6.03. The highest BCUT2D eigenvalue weighted by Crippen LogP contribution is 2.23. The van der Waals surface area contributed by atoms with Gasteiger partial charge in [-0.25, -0.2) is 4.79 Å². The molecule has 0 aliphatic heterocycles. The fourth-order valence-corrected chi connectivity index (χ4v) is 2.06. The second-order valence-electron chi connectivity index (χ2n) is 4.29. The number of aromatic carboxylic acids is 1. The summed E-state index contributed by atoms with van der Waals surface area (Å²) in [5, 5.41) is 12.1. The lowest BCUT2D eigenvalue weighted by Crippen LogP contribution is -2.16. The van der Waals surface area contributed by atoms with Gasteiger partial charge in [0.05, 0.1) is 21.8 Å². The van der Waals surface area contributed by atoms with E-state index < -0.39 is 11.9 Å². The van der Waals surface area contributed by atoms with Crippen molar-refractivity contribution in [2.75, 3.05) is 5.32 Å². The number of hydrogen-bond acceptors (Lipinski definition) is 2. The maximum absolute atomic E-state index is 12.1. The zero-order valence-electron chi connectivity index (χ0n) is 10.7. The van der Waals surface area contributed by atoms with Gasteiger partial charge in [0, 0.05) is 0 Å². The zero-order valence-corrected chi connectivity index (χ0v) is 11.4. The van der Waals surface area contributed by atoms with Crippen molar-refractivity contribution in [3.63, 3.8) is 0 Å². The summed E-state index contributed by atoms with van der Waals surface area (Å²) in [4.78, 5) is 23.2. The van der Waals surface area contributed by atoms with E-state index in [1.807, 2.05) is 13.0 Å². The van der Waals surface area contributed by atoms with Crippen LogP contribution in [0.3, 0.4) is 0 Å². The summed E-state index contributed by atoms with van der Waals surface area (Å²) in [5.41, 5.74) is 1.46. The predicted octanol–water partition coefficient (Wildman–Crippen LogP) is 3.60. The van der Waals surface area contributed by atoms with Crippen LogP contribution in [0.1, 0.15) is 26.3 Å². The Balaban J connectivity index is 2.31. The van der Waals surface area contributed by atoms with Crippen molar-refractivity contribution in [1.82, 2.24) is 0 Å². The number of hydrogen-bond donors (Lipinski definition) is 2. The van der Waals surface area contributed by atoms with E-state index in [9.17, 15) is 9.59 Å². The number of carboxylic acid groups (broad SMARTS) is 1. The second-order valence-corrected chi connectivity index (χ2v) is 4.70. The van der Waals surface area contributed by atoms with Crippen LogP contribution >= 0.6 is 11.6 Å². The minimum atomic E-state index is -1.15. The standard InChI is InChI=1S/C15H12ClNO3/c1-9-6-7-13(12(16)8-9)17-14(18)10-4-2-3-5-11(10)15(19)20/h2-8H,1H3,(H,17,18)(H,19,20). The molecule has 0 spiro atoms. The quantitative estimate of drug-likeness (QED) is 0.907. The number of carbonyl (C=O) groups excluding carboxylic acids is 1. The lowest BCUT2D eigenvalue weighted by atomic mass is 10.1. The van der Waals surface area contributed by atoms with E-state index in [-0.39, 0.29) is 11.1 Å². The predicted molar refractivity (Wildman–Crippen MR) is 77.5 cm³/mol. The molecule has 0 atom stereocenters. The molecular weight excluding hydrogens is 278 g/mol. The average molecular weight is 290 g/mol. The van der Waals surface area contributed by atoms with Gasteiger partial charge >= 0.3 is 5.97 Å². The third kappa shape index (κ3) is 2.97. The number of carbonyl (C=O) groups is 2. The van der Waals surface area contributed by atoms with Gasteiger partial charge in [-0.05, 0) is 36.8 Å². The molecule has 0 saturated carbocycles. The molecule has 0 heterocycles. The Bertz CT molecular complexity index is 683. The Morgan fingerprint density at radius 2 is 1.75 bits per heavy atom. The van der Waals surface area contributed by atoms with E-state index in [2.05, 4.69) is 5.32 Å².